The van der Waals surface area contributed by atoms with Crippen LogP contribution in [0.1, 0.15) is 18.4 Å². The Kier molecular flexibility index (Phi) is 3.37. The Labute approximate surface area is 94.5 Å². The molecule has 0 radical (unpaired) electrons. The lowest BCUT2D eigenvalue weighted by atomic mass is 9.99. The molecule has 0 aromatic carbocycles. The molecule has 1 aliphatic heterocycles. The van der Waals surface area contributed by atoms with E-state index >= 15 is 0 Å². The van der Waals surface area contributed by atoms with Crippen LogP contribution >= 0.6 is 0 Å². The van der Waals surface area contributed by atoms with Crippen molar-refractivity contribution in [1.82, 2.24) is 9.88 Å². The Morgan fingerprint density at radius 2 is 2.50 bits per heavy atom. The Morgan fingerprint density at radius 1 is 1.62 bits per heavy atom. The van der Waals surface area contributed by atoms with Gasteiger partial charge in [0.2, 0.25) is 0 Å². The molecule has 2 heterocycles. The molecule has 4 nitrogen and oxygen atoms in total. The molecule has 1 aromatic heterocycles. The Morgan fingerprint density at radius 3 is 3.19 bits per heavy atom. The maximum absolute atomic E-state index is 11.8. The predicted octanol–water partition coefficient (Wildman–Crippen LogP) is 0.720. The fraction of sp³-hybridized carbons (Fsp3) is 0.500. The van der Waals surface area contributed by atoms with Crippen molar-refractivity contribution < 1.29 is 0 Å². The summed E-state index contributed by atoms with van der Waals surface area (Å²) >= 11 is 0. The average molecular weight is 217 g/mol. The zero-order valence-corrected chi connectivity index (χ0v) is 9.15. The molecule has 0 bridgehead atoms. The smallest absolute Gasteiger partial charge is 0.268 e. The molecule has 1 N–H and O–H groups in total. The largest absolute Gasteiger partial charge is 0.316 e. The van der Waals surface area contributed by atoms with Crippen molar-refractivity contribution in [2.24, 2.45) is 5.92 Å². The van der Waals surface area contributed by atoms with Crippen LogP contribution in [-0.2, 0) is 6.54 Å². The zero-order chi connectivity index (χ0) is 11.4. The Bertz CT molecular complexity index is 452. The zero-order valence-electron chi connectivity index (χ0n) is 9.15. The maximum atomic E-state index is 11.8. The third-order valence-corrected chi connectivity index (χ3v) is 2.99. The topological polar surface area (TPSA) is 57.8 Å². The van der Waals surface area contributed by atoms with Crippen molar-refractivity contribution in [1.29, 1.82) is 5.26 Å². The third kappa shape index (κ3) is 2.31. The van der Waals surface area contributed by atoms with Gasteiger partial charge in [-0.1, -0.05) is 0 Å². The number of piperidine rings is 1. The maximum Gasteiger partial charge on any atom is 0.268 e. The summed E-state index contributed by atoms with van der Waals surface area (Å²) in [6.45, 7) is 2.74. The molecule has 0 saturated carbocycles. The molecular formula is C12H15N3O. The van der Waals surface area contributed by atoms with Gasteiger partial charge >= 0.3 is 0 Å². The van der Waals surface area contributed by atoms with E-state index in [2.05, 4.69) is 5.32 Å². The third-order valence-electron chi connectivity index (χ3n) is 2.99. The van der Waals surface area contributed by atoms with Gasteiger partial charge in [-0.15, -0.1) is 0 Å². The second kappa shape index (κ2) is 4.95. The van der Waals surface area contributed by atoms with E-state index in [1.807, 2.05) is 6.07 Å². The lowest BCUT2D eigenvalue weighted by molar-refractivity contribution is 0.333. The first-order valence-electron chi connectivity index (χ1n) is 5.61. The standard InChI is InChI=1S/C12H15N3O/c13-7-11-4-2-6-15(12(11)16)9-10-3-1-5-14-8-10/h2,4,6,10,14H,1,3,5,8-9H2. The number of hydrogen-bond acceptors (Lipinski definition) is 3. The van der Waals surface area contributed by atoms with E-state index in [1.165, 1.54) is 0 Å². The highest BCUT2D eigenvalue weighted by atomic mass is 16.1. The molecule has 4 heteroatoms. The number of nitrogens with zero attached hydrogens (tertiary/aromatic N) is 2. The first-order valence-corrected chi connectivity index (χ1v) is 5.61. The van der Waals surface area contributed by atoms with Gasteiger partial charge in [-0.2, -0.15) is 5.26 Å². The Hall–Kier alpha value is -1.60. The second-order valence-electron chi connectivity index (χ2n) is 4.20. The molecule has 1 aliphatic rings. The summed E-state index contributed by atoms with van der Waals surface area (Å²) in [6.07, 6.45) is 4.07. The first-order chi connectivity index (χ1) is 7.81. The van der Waals surface area contributed by atoms with Crippen molar-refractivity contribution >= 4 is 0 Å². The van der Waals surface area contributed by atoms with E-state index in [0.29, 0.717) is 12.5 Å². The van der Waals surface area contributed by atoms with Crippen molar-refractivity contribution in [3.05, 3.63) is 34.2 Å². The van der Waals surface area contributed by atoms with E-state index in [9.17, 15) is 4.79 Å². The fourth-order valence-corrected chi connectivity index (χ4v) is 2.12. The van der Waals surface area contributed by atoms with Crippen LogP contribution in [0.3, 0.4) is 0 Å². The van der Waals surface area contributed by atoms with Crippen molar-refractivity contribution in [2.45, 2.75) is 19.4 Å². The number of hydrogen-bond donors (Lipinski definition) is 1. The van der Waals surface area contributed by atoms with Gasteiger partial charge in [0.05, 0.1) is 0 Å². The molecule has 0 spiro atoms. The number of nitriles is 1. The van der Waals surface area contributed by atoms with Gasteiger partial charge in [0.15, 0.2) is 0 Å². The van der Waals surface area contributed by atoms with Gasteiger partial charge in [0, 0.05) is 12.7 Å². The molecule has 0 amide bonds. The molecule has 1 aromatic rings. The van der Waals surface area contributed by atoms with Gasteiger partial charge in [-0.3, -0.25) is 4.79 Å². The molecule has 1 unspecified atom stereocenters. The highest BCUT2D eigenvalue weighted by Crippen LogP contribution is 2.11. The van der Waals surface area contributed by atoms with Gasteiger partial charge in [0.1, 0.15) is 11.6 Å². The highest BCUT2D eigenvalue weighted by Gasteiger charge is 2.14. The van der Waals surface area contributed by atoms with Crippen LogP contribution in [0.25, 0.3) is 0 Å². The molecule has 84 valence electrons. The van der Waals surface area contributed by atoms with Crippen LogP contribution in [0, 0.1) is 17.2 Å². The summed E-state index contributed by atoms with van der Waals surface area (Å²) in [5, 5.41) is 12.1. The summed E-state index contributed by atoms with van der Waals surface area (Å²) in [5.41, 5.74) is 0.0573. The van der Waals surface area contributed by atoms with Crippen LogP contribution in [0.5, 0.6) is 0 Å². The lowest BCUT2D eigenvalue weighted by Gasteiger charge is -2.23. The van der Waals surface area contributed by atoms with Crippen molar-refractivity contribution in [3.63, 3.8) is 0 Å². The minimum Gasteiger partial charge on any atom is -0.316 e. The fourth-order valence-electron chi connectivity index (χ4n) is 2.12. The van der Waals surface area contributed by atoms with Crippen LogP contribution in [0.4, 0.5) is 0 Å². The van der Waals surface area contributed by atoms with Gasteiger partial charge < -0.3 is 9.88 Å². The second-order valence-corrected chi connectivity index (χ2v) is 4.20. The van der Waals surface area contributed by atoms with Gasteiger partial charge in [-0.25, -0.2) is 0 Å². The minimum absolute atomic E-state index is 0.171. The number of nitrogens with one attached hydrogen (secondary N) is 1. The quantitative estimate of drug-likeness (QED) is 0.794. The van der Waals surface area contributed by atoms with Crippen molar-refractivity contribution in [3.8, 4) is 6.07 Å². The SMILES string of the molecule is N#Cc1cccn(CC2CCCNC2)c1=O. The van der Waals surface area contributed by atoms with Crippen LogP contribution in [0.15, 0.2) is 23.1 Å². The molecule has 1 atom stereocenters. The number of rotatable bonds is 2. The molecular weight excluding hydrogens is 202 g/mol. The van der Waals surface area contributed by atoms with E-state index in [-0.39, 0.29) is 11.1 Å². The summed E-state index contributed by atoms with van der Waals surface area (Å²) < 4.78 is 1.65. The van der Waals surface area contributed by atoms with Gasteiger partial charge in [-0.05, 0) is 44.0 Å². The predicted molar refractivity (Wildman–Crippen MR) is 61.0 cm³/mol. The van der Waals surface area contributed by atoms with Crippen molar-refractivity contribution in [2.75, 3.05) is 13.1 Å². The summed E-state index contributed by atoms with van der Waals surface area (Å²) in [6, 6.07) is 5.25. The first kappa shape index (κ1) is 10.9. The summed E-state index contributed by atoms with van der Waals surface area (Å²) in [4.78, 5) is 11.8. The number of pyridine rings is 1. The molecule has 1 saturated heterocycles. The van der Waals surface area contributed by atoms with E-state index < -0.39 is 0 Å². The summed E-state index contributed by atoms with van der Waals surface area (Å²) in [5.74, 6) is 0.500. The van der Waals surface area contributed by atoms with Gasteiger partial charge in [0.25, 0.3) is 5.56 Å². The molecule has 1 fully saturated rings. The van der Waals surface area contributed by atoms with E-state index in [1.54, 1.807) is 22.9 Å². The molecule has 2 rings (SSSR count). The lowest BCUT2D eigenvalue weighted by Crippen LogP contribution is -2.35. The van der Waals surface area contributed by atoms with E-state index in [4.69, 9.17) is 5.26 Å². The monoisotopic (exact) mass is 217 g/mol. The van der Waals surface area contributed by atoms with Crippen LogP contribution < -0.4 is 10.9 Å². The normalized spacial score (nSPS) is 20.3. The molecule has 0 aliphatic carbocycles. The highest BCUT2D eigenvalue weighted by molar-refractivity contribution is 5.24. The average Bonchev–Trinajstić information content (AvgIpc) is 2.33. The Balaban J connectivity index is 2.15. The van der Waals surface area contributed by atoms with Crippen LogP contribution in [-0.4, -0.2) is 17.7 Å². The van der Waals surface area contributed by atoms with Crippen LogP contribution in [0.2, 0.25) is 0 Å². The summed E-state index contributed by atoms with van der Waals surface area (Å²) in [7, 11) is 0. The molecule has 16 heavy (non-hydrogen) atoms. The van der Waals surface area contributed by atoms with E-state index in [0.717, 1.165) is 25.9 Å². The number of aromatic nitrogens is 1. The minimum atomic E-state index is -0.171.